The van der Waals surface area contributed by atoms with E-state index in [0.717, 1.165) is 33.5 Å². The number of aromatic nitrogens is 3. The van der Waals surface area contributed by atoms with Crippen molar-refractivity contribution in [3.05, 3.63) is 47.5 Å². The Morgan fingerprint density at radius 2 is 1.84 bits per heavy atom. The highest BCUT2D eigenvalue weighted by molar-refractivity contribution is 5.97. The van der Waals surface area contributed by atoms with Crippen LogP contribution in [-0.2, 0) is 0 Å². The summed E-state index contributed by atoms with van der Waals surface area (Å²) in [5.74, 6) is 0. The Hall–Kier alpha value is -2.36. The fourth-order valence-electron chi connectivity index (χ4n) is 2.34. The second-order valence-corrected chi connectivity index (χ2v) is 4.80. The first-order chi connectivity index (χ1) is 9.09. The Labute approximate surface area is 111 Å². The van der Waals surface area contributed by atoms with Crippen LogP contribution in [-0.4, -0.2) is 14.8 Å². The molecule has 2 N–H and O–H groups in total. The summed E-state index contributed by atoms with van der Waals surface area (Å²) < 4.78 is 1.97. The van der Waals surface area contributed by atoms with Crippen LogP contribution in [0.25, 0.3) is 16.5 Å². The second-order valence-electron chi connectivity index (χ2n) is 4.80. The van der Waals surface area contributed by atoms with Crippen molar-refractivity contribution in [2.24, 2.45) is 0 Å². The molecule has 0 fully saturated rings. The van der Waals surface area contributed by atoms with Gasteiger partial charge in [0, 0.05) is 34.5 Å². The van der Waals surface area contributed by atoms with Crippen LogP contribution in [0.2, 0.25) is 0 Å². The van der Waals surface area contributed by atoms with Gasteiger partial charge in [0.2, 0.25) is 0 Å². The van der Waals surface area contributed by atoms with Gasteiger partial charge in [0.25, 0.3) is 0 Å². The summed E-state index contributed by atoms with van der Waals surface area (Å²) in [4.78, 5) is 4.20. The van der Waals surface area contributed by atoms with Gasteiger partial charge in [-0.3, -0.25) is 4.98 Å². The molecule has 0 spiro atoms. The number of nitrogens with zero attached hydrogens (tertiary/aromatic N) is 3. The minimum atomic E-state index is 0.763. The molecule has 2 aromatic heterocycles. The van der Waals surface area contributed by atoms with Gasteiger partial charge < -0.3 is 5.73 Å². The molecule has 4 heteroatoms. The highest BCUT2D eigenvalue weighted by Gasteiger charge is 2.12. The van der Waals surface area contributed by atoms with E-state index in [0.29, 0.717) is 0 Å². The number of hydrogen-bond donors (Lipinski definition) is 1. The van der Waals surface area contributed by atoms with Gasteiger partial charge in [-0.1, -0.05) is 0 Å². The maximum Gasteiger partial charge on any atom is 0.0744 e. The minimum Gasteiger partial charge on any atom is -0.398 e. The molecule has 0 bridgehead atoms. The lowest BCUT2D eigenvalue weighted by molar-refractivity contribution is 0.839. The molecule has 0 atom stereocenters. The predicted molar refractivity (Wildman–Crippen MR) is 77.5 cm³/mol. The van der Waals surface area contributed by atoms with Crippen LogP contribution in [0.4, 0.5) is 5.69 Å². The maximum atomic E-state index is 6.02. The van der Waals surface area contributed by atoms with Crippen LogP contribution < -0.4 is 5.73 Å². The van der Waals surface area contributed by atoms with Crippen molar-refractivity contribution in [2.75, 3.05) is 5.73 Å². The first-order valence-corrected chi connectivity index (χ1v) is 6.25. The van der Waals surface area contributed by atoms with E-state index < -0.39 is 0 Å². The largest absolute Gasteiger partial charge is 0.398 e. The molecule has 0 saturated heterocycles. The van der Waals surface area contributed by atoms with Crippen LogP contribution in [0.15, 0.2) is 30.6 Å². The fourth-order valence-corrected chi connectivity index (χ4v) is 2.34. The number of fused-ring (bicyclic) bond motifs is 1. The summed E-state index contributed by atoms with van der Waals surface area (Å²) in [7, 11) is 0. The fraction of sp³-hybridized carbons (Fsp3) is 0.200. The molecule has 2 heterocycles. The molecule has 3 rings (SSSR count). The molecule has 0 saturated carbocycles. The number of hydrogen-bond acceptors (Lipinski definition) is 3. The van der Waals surface area contributed by atoms with Crippen molar-refractivity contribution in [3.63, 3.8) is 0 Å². The number of benzene rings is 1. The number of aryl methyl sites for hydroxylation is 1. The third-order valence-corrected chi connectivity index (χ3v) is 3.71. The molecule has 0 amide bonds. The third-order valence-electron chi connectivity index (χ3n) is 3.71. The molecule has 19 heavy (non-hydrogen) atoms. The molecule has 4 nitrogen and oxygen atoms in total. The lowest BCUT2D eigenvalue weighted by Gasteiger charge is -2.10. The predicted octanol–water partition coefficient (Wildman–Crippen LogP) is 2.93. The van der Waals surface area contributed by atoms with Gasteiger partial charge in [0.15, 0.2) is 0 Å². The summed E-state index contributed by atoms with van der Waals surface area (Å²) in [5.41, 5.74) is 11.2. The van der Waals surface area contributed by atoms with Crippen molar-refractivity contribution in [3.8, 4) is 5.69 Å². The number of rotatable bonds is 1. The normalized spacial score (nSPS) is 11.1. The maximum absolute atomic E-state index is 6.02. The number of anilines is 1. The SMILES string of the molecule is Cc1nn(-c2ccc(N)c3ccncc23)c(C)c1C. The van der Waals surface area contributed by atoms with Gasteiger partial charge >= 0.3 is 0 Å². The van der Waals surface area contributed by atoms with E-state index in [1.807, 2.05) is 36.0 Å². The lowest BCUT2D eigenvalue weighted by Crippen LogP contribution is -2.01. The molecule has 0 aliphatic carbocycles. The van der Waals surface area contributed by atoms with Crippen LogP contribution in [0.3, 0.4) is 0 Å². The van der Waals surface area contributed by atoms with Crippen LogP contribution in [0.5, 0.6) is 0 Å². The monoisotopic (exact) mass is 252 g/mol. The Balaban J connectivity index is 2.37. The van der Waals surface area contributed by atoms with Crippen LogP contribution in [0, 0.1) is 20.8 Å². The summed E-state index contributed by atoms with van der Waals surface area (Å²) in [6.45, 7) is 6.19. The summed E-state index contributed by atoms with van der Waals surface area (Å²) in [6, 6.07) is 5.86. The quantitative estimate of drug-likeness (QED) is 0.677. The van der Waals surface area contributed by atoms with Gasteiger partial charge in [-0.25, -0.2) is 4.68 Å². The van der Waals surface area contributed by atoms with Crippen molar-refractivity contribution in [1.29, 1.82) is 0 Å². The molecule has 96 valence electrons. The molecular formula is C15H16N4. The first kappa shape index (κ1) is 11.7. The van der Waals surface area contributed by atoms with Crippen LogP contribution >= 0.6 is 0 Å². The van der Waals surface area contributed by atoms with Gasteiger partial charge in [-0.2, -0.15) is 5.10 Å². The number of nitrogen functional groups attached to an aromatic ring is 1. The molecule has 3 aromatic rings. The highest BCUT2D eigenvalue weighted by Crippen LogP contribution is 2.28. The van der Waals surface area contributed by atoms with Gasteiger partial charge in [0.05, 0.1) is 11.4 Å². The Kier molecular flexibility index (Phi) is 2.52. The zero-order chi connectivity index (χ0) is 13.6. The average molecular weight is 252 g/mol. The van der Waals surface area contributed by atoms with Crippen molar-refractivity contribution >= 4 is 16.5 Å². The third kappa shape index (κ3) is 1.68. The molecule has 0 aliphatic rings. The van der Waals surface area contributed by atoms with Gasteiger partial charge in [-0.15, -0.1) is 0 Å². The van der Waals surface area contributed by atoms with E-state index in [9.17, 15) is 0 Å². The van der Waals surface area contributed by atoms with E-state index in [1.54, 1.807) is 6.20 Å². The van der Waals surface area contributed by atoms with Crippen molar-refractivity contribution < 1.29 is 0 Å². The van der Waals surface area contributed by atoms with Gasteiger partial charge in [-0.05, 0) is 44.5 Å². The topological polar surface area (TPSA) is 56.7 Å². The first-order valence-electron chi connectivity index (χ1n) is 6.25. The highest BCUT2D eigenvalue weighted by atomic mass is 15.3. The lowest BCUT2D eigenvalue weighted by atomic mass is 10.1. The summed E-state index contributed by atoms with van der Waals surface area (Å²) >= 11 is 0. The molecule has 0 radical (unpaired) electrons. The van der Waals surface area contributed by atoms with Gasteiger partial charge in [0.1, 0.15) is 0 Å². The van der Waals surface area contributed by atoms with Crippen molar-refractivity contribution in [2.45, 2.75) is 20.8 Å². The molecule has 1 aromatic carbocycles. The number of pyridine rings is 1. The number of nitrogens with two attached hydrogens (primary N) is 1. The summed E-state index contributed by atoms with van der Waals surface area (Å²) in [5, 5.41) is 6.64. The summed E-state index contributed by atoms with van der Waals surface area (Å²) in [6.07, 6.45) is 3.60. The smallest absolute Gasteiger partial charge is 0.0744 e. The second kappa shape index (κ2) is 4.09. The Morgan fingerprint density at radius 1 is 1.05 bits per heavy atom. The molecule has 0 aliphatic heterocycles. The van der Waals surface area contributed by atoms with Crippen molar-refractivity contribution in [1.82, 2.24) is 14.8 Å². The van der Waals surface area contributed by atoms with E-state index in [1.165, 1.54) is 5.56 Å². The van der Waals surface area contributed by atoms with E-state index in [2.05, 4.69) is 23.9 Å². The molecular weight excluding hydrogens is 236 g/mol. The zero-order valence-corrected chi connectivity index (χ0v) is 11.3. The molecule has 0 unspecified atom stereocenters. The Bertz CT molecular complexity index is 771. The standard InChI is InChI=1S/C15H16N4/c1-9-10(2)18-19(11(9)3)15-5-4-14(16)12-6-7-17-8-13(12)15/h4-8H,16H2,1-3H3. The van der Waals surface area contributed by atoms with E-state index in [-0.39, 0.29) is 0 Å². The minimum absolute atomic E-state index is 0.763. The van der Waals surface area contributed by atoms with Crippen LogP contribution in [0.1, 0.15) is 17.0 Å². The Morgan fingerprint density at radius 3 is 2.53 bits per heavy atom. The van der Waals surface area contributed by atoms with E-state index >= 15 is 0 Å². The van der Waals surface area contributed by atoms with E-state index in [4.69, 9.17) is 5.73 Å². The average Bonchev–Trinajstić information content (AvgIpc) is 2.67. The zero-order valence-electron chi connectivity index (χ0n) is 11.3.